The van der Waals surface area contributed by atoms with Crippen LogP contribution in [0.1, 0.15) is 96.8 Å². The second-order valence-electron chi connectivity index (χ2n) is 6.07. The molecule has 0 atom stereocenters. The van der Waals surface area contributed by atoms with Crippen molar-refractivity contribution in [2.45, 2.75) is 96.8 Å². The van der Waals surface area contributed by atoms with Gasteiger partial charge in [0.05, 0.1) is 0 Å². The number of aliphatic carboxylic acids is 1. The third-order valence-electron chi connectivity index (χ3n) is 3.81. The molecule has 0 saturated heterocycles. The summed E-state index contributed by atoms with van der Waals surface area (Å²) in [4.78, 5) is 10.3. The second-order valence-corrected chi connectivity index (χ2v) is 6.07. The van der Waals surface area contributed by atoms with Crippen LogP contribution in [0, 0.1) is 0 Å². The highest BCUT2D eigenvalue weighted by Gasteiger charge is 1.94. The standard InChI is InChI=1S/C20H36O2/c1-2-3-4-5-6-7-8-9-10-11-12-13-14-15-16-17-18-19-20(21)22/h6-7,13-14H,2-5,8-12,15-19H2,1H3,(H,21,22). The summed E-state index contributed by atoms with van der Waals surface area (Å²) in [6.07, 6.45) is 25.2. The highest BCUT2D eigenvalue weighted by atomic mass is 16.4. The molecule has 2 heteroatoms. The monoisotopic (exact) mass is 308 g/mol. The summed E-state index contributed by atoms with van der Waals surface area (Å²) in [5.74, 6) is -0.675. The number of hydrogen-bond donors (Lipinski definition) is 1. The van der Waals surface area contributed by atoms with Crippen molar-refractivity contribution in [2.24, 2.45) is 0 Å². The van der Waals surface area contributed by atoms with Crippen LogP contribution in [0.15, 0.2) is 24.3 Å². The topological polar surface area (TPSA) is 37.3 Å². The Morgan fingerprint density at radius 1 is 0.682 bits per heavy atom. The molecule has 22 heavy (non-hydrogen) atoms. The Morgan fingerprint density at radius 2 is 1.09 bits per heavy atom. The predicted molar refractivity (Wildman–Crippen MR) is 96.2 cm³/mol. The molecule has 0 aliphatic heterocycles. The fourth-order valence-corrected chi connectivity index (χ4v) is 2.40. The maximum atomic E-state index is 10.3. The summed E-state index contributed by atoms with van der Waals surface area (Å²) < 4.78 is 0. The van der Waals surface area contributed by atoms with Crippen LogP contribution in [0.4, 0.5) is 0 Å². The number of unbranched alkanes of at least 4 members (excludes halogenated alkanes) is 10. The first-order chi connectivity index (χ1) is 10.8. The molecule has 0 aromatic carbocycles. The summed E-state index contributed by atoms with van der Waals surface area (Å²) in [7, 11) is 0. The maximum absolute atomic E-state index is 10.3. The average Bonchev–Trinajstić information content (AvgIpc) is 2.50. The van der Waals surface area contributed by atoms with E-state index in [1.165, 1.54) is 57.8 Å². The van der Waals surface area contributed by atoms with Crippen LogP contribution >= 0.6 is 0 Å². The molecule has 0 aromatic rings. The SMILES string of the molecule is CCCCCC=CCCCCCC=CCCCCCC(=O)O. The van der Waals surface area contributed by atoms with Crippen molar-refractivity contribution < 1.29 is 9.90 Å². The fourth-order valence-electron chi connectivity index (χ4n) is 2.40. The van der Waals surface area contributed by atoms with Crippen LogP contribution in [0.3, 0.4) is 0 Å². The first-order valence-electron chi connectivity index (χ1n) is 9.29. The number of carbonyl (C=O) groups is 1. The zero-order chi connectivity index (χ0) is 16.3. The van der Waals surface area contributed by atoms with E-state index in [0.29, 0.717) is 6.42 Å². The molecule has 128 valence electrons. The zero-order valence-corrected chi connectivity index (χ0v) is 14.6. The number of carboxylic acid groups (broad SMARTS) is 1. The zero-order valence-electron chi connectivity index (χ0n) is 14.6. The van der Waals surface area contributed by atoms with Crippen molar-refractivity contribution in [3.63, 3.8) is 0 Å². The van der Waals surface area contributed by atoms with Gasteiger partial charge in [-0.15, -0.1) is 0 Å². The normalized spacial score (nSPS) is 11.7. The largest absolute Gasteiger partial charge is 0.481 e. The molecular weight excluding hydrogens is 272 g/mol. The predicted octanol–water partition coefficient (Wildman–Crippen LogP) is 6.66. The van der Waals surface area contributed by atoms with Crippen molar-refractivity contribution in [1.82, 2.24) is 0 Å². The quantitative estimate of drug-likeness (QED) is 0.255. The average molecular weight is 309 g/mol. The highest BCUT2D eigenvalue weighted by Crippen LogP contribution is 2.08. The van der Waals surface area contributed by atoms with Crippen molar-refractivity contribution in [3.8, 4) is 0 Å². The fraction of sp³-hybridized carbons (Fsp3) is 0.750. The van der Waals surface area contributed by atoms with Crippen LogP contribution in [0.2, 0.25) is 0 Å². The van der Waals surface area contributed by atoms with E-state index in [2.05, 4.69) is 31.2 Å². The Bertz CT molecular complexity index is 292. The number of carboxylic acids is 1. The smallest absolute Gasteiger partial charge is 0.303 e. The summed E-state index contributed by atoms with van der Waals surface area (Å²) >= 11 is 0. The lowest BCUT2D eigenvalue weighted by atomic mass is 10.1. The van der Waals surface area contributed by atoms with Gasteiger partial charge in [0.2, 0.25) is 0 Å². The van der Waals surface area contributed by atoms with E-state index >= 15 is 0 Å². The number of hydrogen-bond acceptors (Lipinski definition) is 1. The number of allylic oxidation sites excluding steroid dienone is 4. The summed E-state index contributed by atoms with van der Waals surface area (Å²) in [5.41, 5.74) is 0. The first-order valence-corrected chi connectivity index (χ1v) is 9.29. The molecule has 0 amide bonds. The Hall–Kier alpha value is -1.05. The molecule has 0 bridgehead atoms. The second kappa shape index (κ2) is 18.0. The molecule has 0 aromatic heterocycles. The molecule has 0 rings (SSSR count). The van der Waals surface area contributed by atoms with Crippen molar-refractivity contribution >= 4 is 5.97 Å². The Balaban J connectivity index is 3.15. The Morgan fingerprint density at radius 3 is 1.50 bits per heavy atom. The van der Waals surface area contributed by atoms with Crippen LogP contribution in [0.25, 0.3) is 0 Å². The van der Waals surface area contributed by atoms with Crippen molar-refractivity contribution in [3.05, 3.63) is 24.3 Å². The van der Waals surface area contributed by atoms with Gasteiger partial charge in [0.1, 0.15) is 0 Å². The van der Waals surface area contributed by atoms with Gasteiger partial charge >= 0.3 is 5.97 Å². The lowest BCUT2D eigenvalue weighted by Crippen LogP contribution is -1.93. The van der Waals surface area contributed by atoms with E-state index < -0.39 is 5.97 Å². The molecule has 0 fully saturated rings. The van der Waals surface area contributed by atoms with Gasteiger partial charge in [-0.05, 0) is 57.8 Å². The van der Waals surface area contributed by atoms with E-state index in [9.17, 15) is 4.79 Å². The summed E-state index contributed by atoms with van der Waals surface area (Å²) in [6.45, 7) is 2.25. The minimum Gasteiger partial charge on any atom is -0.481 e. The molecule has 0 aliphatic carbocycles. The third-order valence-corrected chi connectivity index (χ3v) is 3.81. The summed E-state index contributed by atoms with van der Waals surface area (Å²) in [5, 5.41) is 8.52. The molecule has 0 aliphatic rings. The highest BCUT2D eigenvalue weighted by molar-refractivity contribution is 5.66. The van der Waals surface area contributed by atoms with Gasteiger partial charge in [-0.3, -0.25) is 4.79 Å². The lowest BCUT2D eigenvalue weighted by Gasteiger charge is -1.97. The van der Waals surface area contributed by atoms with Crippen LogP contribution < -0.4 is 0 Å². The molecule has 0 radical (unpaired) electrons. The molecule has 0 unspecified atom stereocenters. The van der Waals surface area contributed by atoms with E-state index in [1.54, 1.807) is 0 Å². The third kappa shape index (κ3) is 18.9. The molecule has 2 nitrogen and oxygen atoms in total. The van der Waals surface area contributed by atoms with Gasteiger partial charge < -0.3 is 5.11 Å². The molecule has 0 heterocycles. The molecule has 0 spiro atoms. The van der Waals surface area contributed by atoms with Gasteiger partial charge in [0.15, 0.2) is 0 Å². The molecular formula is C20H36O2. The maximum Gasteiger partial charge on any atom is 0.303 e. The van der Waals surface area contributed by atoms with Crippen molar-refractivity contribution in [1.29, 1.82) is 0 Å². The van der Waals surface area contributed by atoms with Crippen LogP contribution in [-0.2, 0) is 4.79 Å². The minimum atomic E-state index is -0.675. The van der Waals surface area contributed by atoms with Gasteiger partial charge in [0.25, 0.3) is 0 Å². The van der Waals surface area contributed by atoms with E-state index in [4.69, 9.17) is 5.11 Å². The van der Waals surface area contributed by atoms with Crippen LogP contribution in [-0.4, -0.2) is 11.1 Å². The van der Waals surface area contributed by atoms with E-state index in [0.717, 1.165) is 25.7 Å². The number of rotatable bonds is 16. The molecule has 1 N–H and O–H groups in total. The van der Waals surface area contributed by atoms with Gasteiger partial charge in [-0.1, -0.05) is 56.9 Å². The first kappa shape index (κ1) is 20.9. The van der Waals surface area contributed by atoms with Gasteiger partial charge in [0, 0.05) is 6.42 Å². The van der Waals surface area contributed by atoms with Gasteiger partial charge in [-0.25, -0.2) is 0 Å². The molecule has 0 saturated carbocycles. The van der Waals surface area contributed by atoms with Crippen LogP contribution in [0.5, 0.6) is 0 Å². The Kier molecular flexibility index (Phi) is 17.1. The minimum absolute atomic E-state index is 0.316. The lowest BCUT2D eigenvalue weighted by molar-refractivity contribution is -0.137. The van der Waals surface area contributed by atoms with E-state index in [1.807, 2.05) is 0 Å². The summed E-state index contributed by atoms with van der Waals surface area (Å²) in [6, 6.07) is 0. The van der Waals surface area contributed by atoms with Gasteiger partial charge in [-0.2, -0.15) is 0 Å². The van der Waals surface area contributed by atoms with E-state index in [-0.39, 0.29) is 0 Å². The Labute approximate surface area is 137 Å². The van der Waals surface area contributed by atoms with Crippen molar-refractivity contribution in [2.75, 3.05) is 0 Å².